The molecule has 0 unspecified atom stereocenters. The second-order valence-electron chi connectivity index (χ2n) is 8.56. The third-order valence-electron chi connectivity index (χ3n) is 6.37. The summed E-state index contributed by atoms with van der Waals surface area (Å²) in [6.07, 6.45) is 2.95. The van der Waals surface area contributed by atoms with Crippen molar-refractivity contribution in [1.29, 1.82) is 0 Å². The molecule has 3 aromatic rings. The van der Waals surface area contributed by atoms with Gasteiger partial charge in [-0.1, -0.05) is 36.6 Å². The number of hydrogen-bond donors (Lipinski definition) is 0. The molecule has 1 aliphatic carbocycles. The number of carbonyl (C=O) groups excluding carboxylic acids is 1. The standard InChI is InChI=1S/C25H25ClN4O3/c1-14-28-29-24-23(20(25(31)33-3)12-15-4-5-15)27-22(16-6-8-17(26)9-7-16)19-13-18(32-2)10-11-21(19)30(14)24/h6-11,13,15,20,23H,4-5,12H2,1-3H3/t20-,23+/m1/s1. The topological polar surface area (TPSA) is 78.6 Å². The minimum Gasteiger partial charge on any atom is -0.497 e. The van der Waals surface area contributed by atoms with Crippen LogP contribution in [0.4, 0.5) is 0 Å². The minimum atomic E-state index is -0.539. The van der Waals surface area contributed by atoms with E-state index in [0.717, 1.165) is 41.2 Å². The van der Waals surface area contributed by atoms with Crippen molar-refractivity contribution < 1.29 is 14.3 Å². The maximum atomic E-state index is 13.0. The van der Waals surface area contributed by atoms with E-state index in [0.29, 0.717) is 28.9 Å². The van der Waals surface area contributed by atoms with E-state index in [1.54, 1.807) is 7.11 Å². The van der Waals surface area contributed by atoms with Gasteiger partial charge in [0.1, 0.15) is 17.6 Å². The molecule has 0 saturated heterocycles. The summed E-state index contributed by atoms with van der Waals surface area (Å²) in [5, 5.41) is 9.48. The van der Waals surface area contributed by atoms with Crippen LogP contribution in [0, 0.1) is 18.8 Å². The van der Waals surface area contributed by atoms with Crippen molar-refractivity contribution in [3.8, 4) is 11.4 Å². The quantitative estimate of drug-likeness (QED) is 0.493. The van der Waals surface area contributed by atoms with E-state index in [4.69, 9.17) is 26.1 Å². The number of nitrogens with zero attached hydrogens (tertiary/aromatic N) is 4. The van der Waals surface area contributed by atoms with Gasteiger partial charge in [0.25, 0.3) is 0 Å². The van der Waals surface area contributed by atoms with E-state index >= 15 is 0 Å². The lowest BCUT2D eigenvalue weighted by atomic mass is 9.92. The largest absolute Gasteiger partial charge is 0.497 e. The van der Waals surface area contributed by atoms with Crippen LogP contribution >= 0.6 is 11.6 Å². The second kappa shape index (κ2) is 8.63. The van der Waals surface area contributed by atoms with E-state index in [2.05, 4.69) is 10.2 Å². The summed E-state index contributed by atoms with van der Waals surface area (Å²) in [5.74, 6) is 1.85. The number of ether oxygens (including phenoxy) is 2. The molecule has 0 spiro atoms. The third-order valence-corrected chi connectivity index (χ3v) is 6.62. The predicted molar refractivity (Wildman–Crippen MR) is 125 cm³/mol. The average molecular weight is 465 g/mol. The van der Waals surface area contributed by atoms with Crippen molar-refractivity contribution in [3.05, 3.63) is 70.3 Å². The molecular formula is C25H25ClN4O3. The second-order valence-corrected chi connectivity index (χ2v) is 9.00. The van der Waals surface area contributed by atoms with E-state index in [1.165, 1.54) is 7.11 Å². The number of benzene rings is 2. The number of carbonyl (C=O) groups is 1. The van der Waals surface area contributed by atoms with Crippen LogP contribution in [-0.2, 0) is 9.53 Å². The smallest absolute Gasteiger partial charge is 0.311 e. The van der Waals surface area contributed by atoms with Crippen molar-refractivity contribution in [3.63, 3.8) is 0 Å². The van der Waals surface area contributed by atoms with Crippen LogP contribution in [0.25, 0.3) is 5.69 Å². The minimum absolute atomic E-state index is 0.276. The molecule has 0 bridgehead atoms. The van der Waals surface area contributed by atoms with Gasteiger partial charge in [0, 0.05) is 16.1 Å². The van der Waals surface area contributed by atoms with Gasteiger partial charge in [-0.05, 0) is 49.6 Å². The van der Waals surface area contributed by atoms with Crippen LogP contribution in [0.2, 0.25) is 5.02 Å². The Morgan fingerprint density at radius 3 is 2.58 bits per heavy atom. The molecule has 2 atom stereocenters. The highest BCUT2D eigenvalue weighted by Crippen LogP contribution is 2.43. The van der Waals surface area contributed by atoms with Crippen molar-refractivity contribution in [2.45, 2.75) is 32.2 Å². The highest BCUT2D eigenvalue weighted by Gasteiger charge is 2.40. The molecule has 1 aromatic heterocycles. The van der Waals surface area contributed by atoms with E-state index in [1.807, 2.05) is 54.0 Å². The fraction of sp³-hybridized carbons (Fsp3) is 0.360. The Labute approximate surface area is 197 Å². The third kappa shape index (κ3) is 4.02. The van der Waals surface area contributed by atoms with Gasteiger partial charge in [0.15, 0.2) is 5.82 Å². The number of fused-ring (bicyclic) bond motifs is 3. The number of methoxy groups -OCH3 is 2. The van der Waals surface area contributed by atoms with Gasteiger partial charge in [-0.25, -0.2) is 0 Å². The molecule has 0 amide bonds. The first-order valence-corrected chi connectivity index (χ1v) is 11.4. The highest BCUT2D eigenvalue weighted by molar-refractivity contribution is 6.30. The Kier molecular flexibility index (Phi) is 5.66. The van der Waals surface area contributed by atoms with Gasteiger partial charge < -0.3 is 9.47 Å². The number of aryl methyl sites for hydroxylation is 1. The number of rotatable bonds is 6. The first kappa shape index (κ1) is 21.6. The van der Waals surface area contributed by atoms with Crippen molar-refractivity contribution in [1.82, 2.24) is 14.8 Å². The fourth-order valence-corrected chi connectivity index (χ4v) is 4.61. The summed E-state index contributed by atoms with van der Waals surface area (Å²) < 4.78 is 12.7. The number of aromatic nitrogens is 3. The van der Waals surface area contributed by atoms with E-state index < -0.39 is 12.0 Å². The maximum absolute atomic E-state index is 13.0. The molecular weight excluding hydrogens is 440 g/mol. The van der Waals surface area contributed by atoms with Crippen molar-refractivity contribution in [2.75, 3.05) is 14.2 Å². The first-order valence-electron chi connectivity index (χ1n) is 11.0. The lowest BCUT2D eigenvalue weighted by Gasteiger charge is -2.21. The highest BCUT2D eigenvalue weighted by atomic mass is 35.5. The molecule has 8 heteroatoms. The summed E-state index contributed by atoms with van der Waals surface area (Å²) in [4.78, 5) is 18.2. The summed E-state index contributed by atoms with van der Waals surface area (Å²) in [7, 11) is 3.07. The van der Waals surface area contributed by atoms with Gasteiger partial charge >= 0.3 is 5.97 Å². The monoisotopic (exact) mass is 464 g/mol. The molecule has 1 fully saturated rings. The molecule has 5 rings (SSSR count). The zero-order valence-electron chi connectivity index (χ0n) is 18.8. The molecule has 2 aromatic carbocycles. The number of esters is 1. The summed E-state index contributed by atoms with van der Waals surface area (Å²) in [6.45, 7) is 1.91. The van der Waals surface area contributed by atoms with Crippen molar-refractivity contribution >= 4 is 23.3 Å². The Hall–Kier alpha value is -3.19. The van der Waals surface area contributed by atoms with Crippen LogP contribution < -0.4 is 4.74 Å². The van der Waals surface area contributed by atoms with Crippen LogP contribution in [0.3, 0.4) is 0 Å². The Balaban J connectivity index is 1.77. The molecule has 1 aliphatic heterocycles. The van der Waals surface area contributed by atoms with E-state index in [-0.39, 0.29) is 5.97 Å². The zero-order chi connectivity index (χ0) is 23.1. The Morgan fingerprint density at radius 2 is 1.91 bits per heavy atom. The molecule has 0 radical (unpaired) electrons. The van der Waals surface area contributed by atoms with Gasteiger partial charge in [0.05, 0.1) is 31.5 Å². The van der Waals surface area contributed by atoms with Crippen LogP contribution in [-0.4, -0.2) is 40.7 Å². The van der Waals surface area contributed by atoms with Gasteiger partial charge in [-0.2, -0.15) is 0 Å². The summed E-state index contributed by atoms with van der Waals surface area (Å²) in [5.41, 5.74) is 3.41. The lowest BCUT2D eigenvalue weighted by Crippen LogP contribution is -2.25. The Morgan fingerprint density at radius 1 is 1.15 bits per heavy atom. The average Bonchev–Trinajstić information content (AvgIpc) is 3.60. The Bertz CT molecular complexity index is 1230. The molecule has 7 nitrogen and oxygen atoms in total. The van der Waals surface area contributed by atoms with Crippen LogP contribution in [0.5, 0.6) is 5.75 Å². The maximum Gasteiger partial charge on any atom is 0.311 e. The number of hydrogen-bond acceptors (Lipinski definition) is 6. The molecule has 33 heavy (non-hydrogen) atoms. The van der Waals surface area contributed by atoms with Gasteiger partial charge in [-0.15, -0.1) is 10.2 Å². The molecule has 1 saturated carbocycles. The van der Waals surface area contributed by atoms with Crippen LogP contribution in [0.15, 0.2) is 47.5 Å². The molecule has 2 aliphatic rings. The van der Waals surface area contributed by atoms with Gasteiger partial charge in [-0.3, -0.25) is 14.4 Å². The van der Waals surface area contributed by atoms with Gasteiger partial charge in [0.2, 0.25) is 0 Å². The normalized spacial score (nSPS) is 17.9. The zero-order valence-corrected chi connectivity index (χ0v) is 19.5. The fourth-order valence-electron chi connectivity index (χ4n) is 4.49. The SMILES string of the molecule is COC(=O)[C@H](CC1CC1)[C@@H]1N=C(c2ccc(Cl)cc2)c2cc(OC)ccc2-n2c(C)nnc21. The molecule has 170 valence electrons. The van der Waals surface area contributed by atoms with Crippen LogP contribution in [0.1, 0.15) is 48.1 Å². The summed E-state index contributed by atoms with van der Waals surface area (Å²) >= 11 is 6.17. The lowest BCUT2D eigenvalue weighted by molar-refractivity contribution is -0.146. The van der Waals surface area contributed by atoms with Crippen molar-refractivity contribution in [2.24, 2.45) is 16.8 Å². The predicted octanol–water partition coefficient (Wildman–Crippen LogP) is 4.72. The number of aliphatic imine (C=N–C) groups is 1. The first-order chi connectivity index (χ1) is 16.0. The molecule has 2 heterocycles. The summed E-state index contributed by atoms with van der Waals surface area (Å²) in [6, 6.07) is 12.9. The number of halogens is 1. The molecule has 0 N–H and O–H groups in total. The van der Waals surface area contributed by atoms with E-state index in [9.17, 15) is 4.79 Å².